The molecule has 0 aromatic heterocycles. The van der Waals surface area contributed by atoms with Crippen LogP contribution in [0.1, 0.15) is 19.3 Å². The second-order valence-corrected chi connectivity index (χ2v) is 5.58. The van der Waals surface area contributed by atoms with Gasteiger partial charge in [-0.05, 0) is 37.5 Å². The van der Waals surface area contributed by atoms with Crippen LogP contribution >= 0.6 is 0 Å². The highest BCUT2D eigenvalue weighted by Gasteiger charge is 2.45. The summed E-state index contributed by atoms with van der Waals surface area (Å²) in [6, 6.07) is -0.243. The first kappa shape index (κ1) is 20.0. The lowest BCUT2D eigenvalue weighted by Gasteiger charge is -2.25. The first-order chi connectivity index (χ1) is 10.5. The van der Waals surface area contributed by atoms with Gasteiger partial charge >= 0.3 is 12.4 Å². The van der Waals surface area contributed by atoms with Crippen molar-refractivity contribution < 1.29 is 26.3 Å². The Morgan fingerprint density at radius 1 is 1.22 bits per heavy atom. The monoisotopic (exact) mass is 345 g/mol. The van der Waals surface area contributed by atoms with E-state index in [4.69, 9.17) is 11.5 Å². The molecule has 0 aromatic rings. The lowest BCUT2D eigenvalue weighted by atomic mass is 9.89. The molecule has 1 unspecified atom stereocenters. The molecule has 23 heavy (non-hydrogen) atoms. The number of allylic oxidation sites excluding steroid dienone is 2. The molecule has 2 atom stereocenters. The minimum atomic E-state index is -4.76. The SMILES string of the molecule is NCCC[C@H](N)CNCC1=CC(C(F)(F)F)CC(C(F)(F)F)=C1. The minimum Gasteiger partial charge on any atom is -0.330 e. The Bertz CT molecular complexity index is 439. The Morgan fingerprint density at radius 3 is 2.39 bits per heavy atom. The van der Waals surface area contributed by atoms with E-state index in [2.05, 4.69) is 5.32 Å². The van der Waals surface area contributed by atoms with Crippen molar-refractivity contribution in [2.45, 2.75) is 37.7 Å². The van der Waals surface area contributed by atoms with E-state index in [1.54, 1.807) is 0 Å². The first-order valence-electron chi connectivity index (χ1n) is 7.25. The Balaban J connectivity index is 2.69. The van der Waals surface area contributed by atoms with Crippen LogP contribution < -0.4 is 16.8 Å². The van der Waals surface area contributed by atoms with Gasteiger partial charge in [0.05, 0.1) is 5.92 Å². The van der Waals surface area contributed by atoms with Gasteiger partial charge < -0.3 is 16.8 Å². The molecule has 0 fully saturated rings. The van der Waals surface area contributed by atoms with Gasteiger partial charge in [0.1, 0.15) is 0 Å². The van der Waals surface area contributed by atoms with Crippen LogP contribution in [0.3, 0.4) is 0 Å². The van der Waals surface area contributed by atoms with Crippen LogP contribution in [-0.4, -0.2) is 38.0 Å². The van der Waals surface area contributed by atoms with Gasteiger partial charge in [0, 0.05) is 24.7 Å². The van der Waals surface area contributed by atoms with Crippen molar-refractivity contribution in [2.75, 3.05) is 19.6 Å². The Labute approximate surface area is 130 Å². The third-order valence-electron chi connectivity index (χ3n) is 3.51. The van der Waals surface area contributed by atoms with Crippen LogP contribution in [0.2, 0.25) is 0 Å². The fourth-order valence-electron chi connectivity index (χ4n) is 2.29. The molecule has 9 heteroatoms. The predicted molar refractivity (Wildman–Crippen MR) is 75.5 cm³/mol. The molecule has 0 amide bonds. The van der Waals surface area contributed by atoms with Crippen molar-refractivity contribution in [3.05, 3.63) is 23.3 Å². The van der Waals surface area contributed by atoms with E-state index in [0.717, 1.165) is 12.2 Å². The van der Waals surface area contributed by atoms with Crippen LogP contribution in [0.5, 0.6) is 0 Å². The van der Waals surface area contributed by atoms with E-state index >= 15 is 0 Å². The second kappa shape index (κ2) is 8.16. The van der Waals surface area contributed by atoms with E-state index < -0.39 is 30.3 Å². The van der Waals surface area contributed by atoms with Crippen molar-refractivity contribution in [3.8, 4) is 0 Å². The van der Waals surface area contributed by atoms with E-state index in [-0.39, 0.29) is 18.2 Å². The summed E-state index contributed by atoms with van der Waals surface area (Å²) < 4.78 is 76.6. The maximum Gasteiger partial charge on any atom is 0.412 e. The highest BCUT2D eigenvalue weighted by Crippen LogP contribution is 2.41. The number of halogens is 6. The molecule has 3 nitrogen and oxygen atoms in total. The summed E-state index contributed by atoms with van der Waals surface area (Å²) in [6.45, 7) is 0.676. The highest BCUT2D eigenvalue weighted by molar-refractivity contribution is 5.33. The molecular formula is C14H21F6N3. The summed E-state index contributed by atoms with van der Waals surface area (Å²) in [5.41, 5.74) is 9.89. The first-order valence-corrected chi connectivity index (χ1v) is 7.25. The zero-order chi connectivity index (χ0) is 17.7. The van der Waals surface area contributed by atoms with Gasteiger partial charge in [-0.2, -0.15) is 26.3 Å². The van der Waals surface area contributed by atoms with Gasteiger partial charge in [-0.25, -0.2) is 0 Å². The molecule has 0 aliphatic heterocycles. The summed E-state index contributed by atoms with van der Waals surface area (Å²) in [6.07, 6.45) is -7.58. The van der Waals surface area contributed by atoms with E-state index in [1.807, 2.05) is 0 Å². The van der Waals surface area contributed by atoms with Gasteiger partial charge in [-0.1, -0.05) is 6.08 Å². The lowest BCUT2D eigenvalue weighted by Crippen LogP contribution is -2.36. The molecule has 0 radical (unpaired) electrons. The highest BCUT2D eigenvalue weighted by atomic mass is 19.4. The smallest absolute Gasteiger partial charge is 0.330 e. The van der Waals surface area contributed by atoms with Gasteiger partial charge in [-0.15, -0.1) is 0 Å². The molecule has 0 saturated heterocycles. The summed E-state index contributed by atoms with van der Waals surface area (Å²) in [5.74, 6) is -2.12. The maximum atomic E-state index is 12.8. The molecule has 1 rings (SSSR count). The van der Waals surface area contributed by atoms with E-state index in [9.17, 15) is 26.3 Å². The third kappa shape index (κ3) is 6.92. The van der Waals surface area contributed by atoms with Crippen LogP contribution in [0.25, 0.3) is 0 Å². The second-order valence-electron chi connectivity index (χ2n) is 5.58. The lowest BCUT2D eigenvalue weighted by molar-refractivity contribution is -0.166. The number of hydrogen-bond donors (Lipinski definition) is 3. The third-order valence-corrected chi connectivity index (χ3v) is 3.51. The summed E-state index contributed by atoms with van der Waals surface area (Å²) in [4.78, 5) is 0. The average molecular weight is 345 g/mol. The number of rotatable bonds is 7. The van der Waals surface area contributed by atoms with Crippen LogP contribution in [-0.2, 0) is 0 Å². The maximum absolute atomic E-state index is 12.8. The van der Waals surface area contributed by atoms with Crippen molar-refractivity contribution >= 4 is 0 Å². The quantitative estimate of drug-likeness (QED) is 0.622. The normalized spacial score (nSPS) is 21.0. The van der Waals surface area contributed by atoms with Gasteiger partial charge in [-0.3, -0.25) is 0 Å². The average Bonchev–Trinajstić information content (AvgIpc) is 2.43. The molecule has 0 bridgehead atoms. The van der Waals surface area contributed by atoms with Crippen LogP contribution in [0.15, 0.2) is 23.3 Å². The van der Waals surface area contributed by atoms with E-state index in [0.29, 0.717) is 25.9 Å². The predicted octanol–water partition coefficient (Wildman–Crippen LogP) is 2.64. The topological polar surface area (TPSA) is 64.1 Å². The van der Waals surface area contributed by atoms with Gasteiger partial charge in [0.25, 0.3) is 0 Å². The fraction of sp³-hybridized carbons (Fsp3) is 0.714. The molecule has 1 aliphatic rings. The molecule has 5 N–H and O–H groups in total. The Morgan fingerprint density at radius 2 is 1.87 bits per heavy atom. The zero-order valence-corrected chi connectivity index (χ0v) is 12.5. The molecule has 1 aliphatic carbocycles. The number of nitrogens with two attached hydrogens (primary N) is 2. The molecule has 134 valence electrons. The molecule has 0 heterocycles. The van der Waals surface area contributed by atoms with Gasteiger partial charge in [0.15, 0.2) is 0 Å². The number of hydrogen-bond acceptors (Lipinski definition) is 3. The zero-order valence-electron chi connectivity index (χ0n) is 12.5. The standard InChI is InChI=1S/C14H21F6N3/c15-13(16,17)10-4-9(5-11(6-10)14(18,19)20)7-23-8-12(22)2-1-3-21/h4-5,10,12,23H,1-3,6-8,21-22H2/t10?,12-/m0/s1. The van der Waals surface area contributed by atoms with Crippen LogP contribution in [0.4, 0.5) is 26.3 Å². The summed E-state index contributed by atoms with van der Waals surface area (Å²) in [5, 5.41) is 2.79. The summed E-state index contributed by atoms with van der Waals surface area (Å²) in [7, 11) is 0. The Hall–Kier alpha value is -1.06. The Kier molecular flexibility index (Phi) is 7.09. The minimum absolute atomic E-state index is 0.0306. The molecule has 0 aromatic carbocycles. The fourth-order valence-corrected chi connectivity index (χ4v) is 2.29. The molecule has 0 saturated carbocycles. The van der Waals surface area contributed by atoms with E-state index in [1.165, 1.54) is 0 Å². The summed E-state index contributed by atoms with van der Waals surface area (Å²) >= 11 is 0. The largest absolute Gasteiger partial charge is 0.412 e. The van der Waals surface area contributed by atoms with Crippen molar-refractivity contribution in [3.63, 3.8) is 0 Å². The molecular weight excluding hydrogens is 324 g/mol. The van der Waals surface area contributed by atoms with Crippen molar-refractivity contribution in [2.24, 2.45) is 17.4 Å². The number of alkyl halides is 6. The van der Waals surface area contributed by atoms with Crippen molar-refractivity contribution in [1.29, 1.82) is 0 Å². The van der Waals surface area contributed by atoms with Crippen molar-refractivity contribution in [1.82, 2.24) is 5.32 Å². The number of nitrogens with one attached hydrogen (secondary N) is 1. The molecule has 0 spiro atoms. The van der Waals surface area contributed by atoms with Crippen LogP contribution in [0, 0.1) is 5.92 Å². The van der Waals surface area contributed by atoms with Gasteiger partial charge in [0.2, 0.25) is 0 Å².